The lowest BCUT2D eigenvalue weighted by Gasteiger charge is -2.10. The highest BCUT2D eigenvalue weighted by Crippen LogP contribution is 2.11. The predicted molar refractivity (Wildman–Crippen MR) is 71.8 cm³/mol. The number of H-pyrrole nitrogens is 1. The average Bonchev–Trinajstić information content (AvgIpc) is 2.30. The fourth-order valence-corrected chi connectivity index (χ4v) is 1.33. The topological polar surface area (TPSA) is 71.2 Å². The Morgan fingerprint density at radius 3 is 2.56 bits per heavy atom. The number of carbonyl (C=O) groups is 1. The molecule has 0 fully saturated rings. The van der Waals surface area contributed by atoms with Gasteiger partial charge in [-0.2, -0.15) is 0 Å². The highest BCUT2D eigenvalue weighted by Gasteiger charge is 2.09. The molecule has 2 N–H and O–H groups in total. The van der Waals surface area contributed by atoms with Crippen LogP contribution in [0.25, 0.3) is 0 Å². The summed E-state index contributed by atoms with van der Waals surface area (Å²) in [5.41, 5.74) is 1.05. The summed E-state index contributed by atoms with van der Waals surface area (Å²) in [6.07, 6.45) is 0. The lowest BCUT2D eigenvalue weighted by Crippen LogP contribution is -2.24. The van der Waals surface area contributed by atoms with Crippen LogP contribution in [-0.2, 0) is 11.3 Å². The number of aryl methyl sites for hydroxylation is 1. The van der Waals surface area contributed by atoms with E-state index in [0.29, 0.717) is 18.1 Å². The van der Waals surface area contributed by atoms with Gasteiger partial charge in [0.05, 0.1) is 18.7 Å². The molecule has 1 rings (SSSR count). The smallest absolute Gasteiger partial charge is 0.217 e. The predicted octanol–water partition coefficient (Wildman–Crippen LogP) is 1.74. The summed E-state index contributed by atoms with van der Waals surface area (Å²) in [7, 11) is 0. The summed E-state index contributed by atoms with van der Waals surface area (Å²) >= 11 is 0. The quantitative estimate of drug-likeness (QED) is 0.859. The zero-order chi connectivity index (χ0) is 14.1. The molecule has 0 bridgehead atoms. The molecule has 0 atom stereocenters. The minimum Gasteiger partial charge on any atom is -0.479 e. The number of hydrogen-bond donors (Lipinski definition) is 2. The number of rotatable bonds is 4. The molecule has 0 spiro atoms. The molecule has 0 aliphatic carbocycles. The number of aromatic amines is 1. The van der Waals surface area contributed by atoms with Crippen LogP contribution in [0.15, 0.2) is 10.9 Å². The van der Waals surface area contributed by atoms with Crippen LogP contribution in [0, 0.1) is 6.92 Å². The molecule has 102 valence electrons. The second-order valence-electron chi connectivity index (χ2n) is 3.47. The Morgan fingerprint density at radius 1 is 1.44 bits per heavy atom. The van der Waals surface area contributed by atoms with Crippen molar-refractivity contribution in [3.05, 3.63) is 27.5 Å². The van der Waals surface area contributed by atoms with Crippen molar-refractivity contribution >= 4 is 5.91 Å². The van der Waals surface area contributed by atoms with Gasteiger partial charge in [0, 0.05) is 18.7 Å². The van der Waals surface area contributed by atoms with Gasteiger partial charge in [0.2, 0.25) is 5.91 Å². The lowest BCUT2D eigenvalue weighted by molar-refractivity contribution is -0.119. The van der Waals surface area contributed by atoms with Crippen LogP contribution in [0.2, 0.25) is 0 Å². The average molecular weight is 254 g/mol. The largest absolute Gasteiger partial charge is 0.479 e. The van der Waals surface area contributed by atoms with E-state index in [9.17, 15) is 9.59 Å². The molecule has 0 aliphatic heterocycles. The van der Waals surface area contributed by atoms with Crippen molar-refractivity contribution in [3.8, 4) is 5.88 Å². The second kappa shape index (κ2) is 8.33. The molecule has 1 aromatic heterocycles. The third-order valence-electron chi connectivity index (χ3n) is 2.03. The highest BCUT2D eigenvalue weighted by molar-refractivity contribution is 5.72. The molecule has 5 heteroatoms. The molecule has 0 aliphatic rings. The molecule has 0 saturated heterocycles. The minimum absolute atomic E-state index is 0.131. The number of pyridine rings is 1. The van der Waals surface area contributed by atoms with Crippen molar-refractivity contribution in [2.75, 3.05) is 6.61 Å². The van der Waals surface area contributed by atoms with E-state index >= 15 is 0 Å². The van der Waals surface area contributed by atoms with Crippen LogP contribution < -0.4 is 15.5 Å². The maximum absolute atomic E-state index is 11.7. The van der Waals surface area contributed by atoms with Crippen molar-refractivity contribution in [1.82, 2.24) is 10.3 Å². The number of aromatic nitrogens is 1. The van der Waals surface area contributed by atoms with Gasteiger partial charge in [0.15, 0.2) is 11.3 Å². The van der Waals surface area contributed by atoms with Gasteiger partial charge in [-0.05, 0) is 13.8 Å². The van der Waals surface area contributed by atoms with Crippen molar-refractivity contribution in [1.29, 1.82) is 0 Å². The Kier molecular flexibility index (Phi) is 7.51. The molecule has 1 heterocycles. The van der Waals surface area contributed by atoms with Crippen molar-refractivity contribution < 1.29 is 9.53 Å². The zero-order valence-corrected chi connectivity index (χ0v) is 11.7. The van der Waals surface area contributed by atoms with E-state index in [4.69, 9.17) is 4.74 Å². The highest BCUT2D eigenvalue weighted by atomic mass is 16.5. The fourth-order valence-electron chi connectivity index (χ4n) is 1.33. The van der Waals surface area contributed by atoms with E-state index in [1.807, 2.05) is 20.8 Å². The SMILES string of the molecule is CC.CCOc1[nH]c(C)cc(=O)c1CNC(C)=O. The van der Waals surface area contributed by atoms with E-state index < -0.39 is 0 Å². The van der Waals surface area contributed by atoms with Gasteiger partial charge in [-0.3, -0.25) is 9.59 Å². The summed E-state index contributed by atoms with van der Waals surface area (Å²) < 4.78 is 5.32. The first kappa shape index (κ1) is 16.2. The summed E-state index contributed by atoms with van der Waals surface area (Å²) in [5.74, 6) is 0.253. The maximum Gasteiger partial charge on any atom is 0.217 e. The normalized spacial score (nSPS) is 9.17. The monoisotopic (exact) mass is 254 g/mol. The van der Waals surface area contributed by atoms with E-state index in [1.165, 1.54) is 13.0 Å². The van der Waals surface area contributed by atoms with Gasteiger partial charge >= 0.3 is 0 Å². The summed E-state index contributed by atoms with van der Waals surface area (Å²) in [6.45, 7) is 9.67. The maximum atomic E-state index is 11.7. The molecular weight excluding hydrogens is 232 g/mol. The Labute approximate surface area is 108 Å². The second-order valence-corrected chi connectivity index (χ2v) is 3.47. The van der Waals surface area contributed by atoms with Gasteiger partial charge in [0.25, 0.3) is 0 Å². The number of hydrogen-bond acceptors (Lipinski definition) is 3. The molecule has 18 heavy (non-hydrogen) atoms. The fraction of sp³-hybridized carbons (Fsp3) is 0.538. The van der Waals surface area contributed by atoms with E-state index in [0.717, 1.165) is 5.69 Å². The first-order chi connectivity index (χ1) is 8.54. The van der Waals surface area contributed by atoms with Crippen LogP contribution in [0.5, 0.6) is 5.88 Å². The molecule has 0 saturated carbocycles. The Hall–Kier alpha value is -1.78. The zero-order valence-electron chi connectivity index (χ0n) is 11.7. The van der Waals surface area contributed by atoms with Crippen LogP contribution in [0.3, 0.4) is 0 Å². The summed E-state index contributed by atoms with van der Waals surface area (Å²) in [5, 5.41) is 2.58. The Bertz CT molecular complexity index is 438. The Balaban J connectivity index is 0.00000137. The molecule has 1 aromatic rings. The van der Waals surface area contributed by atoms with Crippen molar-refractivity contribution in [2.24, 2.45) is 0 Å². The molecule has 0 radical (unpaired) electrons. The van der Waals surface area contributed by atoms with Gasteiger partial charge < -0.3 is 15.0 Å². The lowest BCUT2D eigenvalue weighted by atomic mass is 10.2. The molecule has 1 amide bonds. The first-order valence-corrected chi connectivity index (χ1v) is 6.14. The Morgan fingerprint density at radius 2 is 2.06 bits per heavy atom. The summed E-state index contributed by atoms with van der Waals surface area (Å²) in [4.78, 5) is 25.5. The van der Waals surface area contributed by atoms with E-state index in [-0.39, 0.29) is 17.9 Å². The van der Waals surface area contributed by atoms with Crippen LogP contribution in [-0.4, -0.2) is 17.5 Å². The van der Waals surface area contributed by atoms with Gasteiger partial charge in [-0.15, -0.1) is 0 Å². The van der Waals surface area contributed by atoms with E-state index in [1.54, 1.807) is 6.92 Å². The van der Waals surface area contributed by atoms with Crippen molar-refractivity contribution in [2.45, 2.75) is 41.2 Å². The molecule has 0 unspecified atom stereocenters. The minimum atomic E-state index is -0.178. The third kappa shape index (κ3) is 5.03. The van der Waals surface area contributed by atoms with E-state index in [2.05, 4.69) is 10.3 Å². The number of ether oxygens (including phenoxy) is 1. The van der Waals surface area contributed by atoms with Crippen molar-refractivity contribution in [3.63, 3.8) is 0 Å². The first-order valence-electron chi connectivity index (χ1n) is 6.14. The third-order valence-corrected chi connectivity index (χ3v) is 2.03. The number of carbonyl (C=O) groups excluding carboxylic acids is 1. The number of amides is 1. The van der Waals surface area contributed by atoms with Crippen LogP contribution in [0.1, 0.15) is 39.0 Å². The van der Waals surface area contributed by atoms with Crippen LogP contribution in [0.4, 0.5) is 0 Å². The molecule has 0 aromatic carbocycles. The van der Waals surface area contributed by atoms with Gasteiger partial charge in [-0.25, -0.2) is 0 Å². The standard InChI is InChI=1S/C11H16N2O3.C2H6/c1-4-16-11-9(6-12-8(3)14)10(15)5-7(2)13-11;1-2/h5H,4,6H2,1-3H3,(H,12,14)(H,13,15);1-2H3. The van der Waals surface area contributed by atoms with Crippen LogP contribution >= 0.6 is 0 Å². The summed E-state index contributed by atoms with van der Waals surface area (Å²) in [6, 6.07) is 1.49. The molecular formula is C13H22N2O3. The van der Waals surface area contributed by atoms with Gasteiger partial charge in [-0.1, -0.05) is 13.8 Å². The molecule has 5 nitrogen and oxygen atoms in total. The van der Waals surface area contributed by atoms with Gasteiger partial charge in [0.1, 0.15) is 0 Å². The number of nitrogens with one attached hydrogen (secondary N) is 2.